The van der Waals surface area contributed by atoms with Crippen molar-refractivity contribution in [1.82, 2.24) is 9.97 Å². The van der Waals surface area contributed by atoms with E-state index in [4.69, 9.17) is 11.6 Å². The standard InChI is InChI=1S/C22H24N4O/c1-15(2)5-10-19-20(17-6-8-18(23-4)9-7-17)24-22(25-21(19)27)26-13-11-16(3)12-14-26/h6-9,15-16H,11-14H2,1-3H3,(H,24,25,27). The number of H-pyrrole nitrogens is 1. The van der Waals surface area contributed by atoms with Crippen molar-refractivity contribution >= 4 is 11.6 Å². The molecule has 1 saturated heterocycles. The second kappa shape index (κ2) is 8.10. The van der Waals surface area contributed by atoms with Gasteiger partial charge in [0.05, 0.1) is 12.3 Å². The monoisotopic (exact) mass is 360 g/mol. The van der Waals surface area contributed by atoms with Gasteiger partial charge in [0, 0.05) is 19.0 Å². The first kappa shape index (κ1) is 18.7. The van der Waals surface area contributed by atoms with Gasteiger partial charge >= 0.3 is 0 Å². The lowest BCUT2D eigenvalue weighted by Gasteiger charge is -2.30. The molecule has 1 aromatic carbocycles. The van der Waals surface area contributed by atoms with E-state index in [-0.39, 0.29) is 11.5 Å². The molecule has 1 aliphatic heterocycles. The highest BCUT2D eigenvalue weighted by atomic mass is 16.1. The van der Waals surface area contributed by atoms with Crippen molar-refractivity contribution in [2.24, 2.45) is 11.8 Å². The third-order valence-electron chi connectivity index (χ3n) is 4.75. The van der Waals surface area contributed by atoms with E-state index in [0.717, 1.165) is 31.5 Å². The molecule has 0 spiro atoms. The van der Waals surface area contributed by atoms with Crippen LogP contribution in [0.15, 0.2) is 29.1 Å². The van der Waals surface area contributed by atoms with Crippen molar-refractivity contribution in [1.29, 1.82) is 0 Å². The van der Waals surface area contributed by atoms with Gasteiger partial charge in [0.15, 0.2) is 5.69 Å². The van der Waals surface area contributed by atoms with Crippen LogP contribution in [-0.4, -0.2) is 23.1 Å². The number of aromatic amines is 1. The number of nitrogens with zero attached hydrogens (tertiary/aromatic N) is 3. The Morgan fingerprint density at radius 2 is 1.93 bits per heavy atom. The number of nitrogens with one attached hydrogen (secondary N) is 1. The largest absolute Gasteiger partial charge is 0.342 e. The number of hydrogen-bond donors (Lipinski definition) is 1. The zero-order valence-electron chi connectivity index (χ0n) is 16.0. The van der Waals surface area contributed by atoms with E-state index < -0.39 is 0 Å². The molecule has 2 aromatic rings. The zero-order chi connectivity index (χ0) is 19.4. The predicted molar refractivity (Wildman–Crippen MR) is 109 cm³/mol. The van der Waals surface area contributed by atoms with Crippen LogP contribution < -0.4 is 10.5 Å². The fourth-order valence-corrected chi connectivity index (χ4v) is 3.07. The van der Waals surface area contributed by atoms with Crippen LogP contribution in [0.2, 0.25) is 0 Å². The normalized spacial score (nSPS) is 14.6. The topological polar surface area (TPSA) is 53.4 Å². The molecule has 2 heterocycles. The smallest absolute Gasteiger partial charge is 0.268 e. The summed E-state index contributed by atoms with van der Waals surface area (Å²) in [6, 6.07) is 7.15. The number of aromatic nitrogens is 2. The molecular weight excluding hydrogens is 336 g/mol. The van der Waals surface area contributed by atoms with Crippen LogP contribution in [0.3, 0.4) is 0 Å². The molecule has 3 rings (SSSR count). The average Bonchev–Trinajstić information content (AvgIpc) is 2.67. The first-order valence-electron chi connectivity index (χ1n) is 9.36. The molecule has 1 N–H and O–H groups in total. The maximum Gasteiger partial charge on any atom is 0.268 e. The number of hydrogen-bond acceptors (Lipinski definition) is 3. The van der Waals surface area contributed by atoms with Crippen LogP contribution in [0, 0.1) is 30.2 Å². The first-order chi connectivity index (χ1) is 13.0. The second-order valence-corrected chi connectivity index (χ2v) is 7.37. The lowest BCUT2D eigenvalue weighted by molar-refractivity contribution is 0.434. The summed E-state index contributed by atoms with van der Waals surface area (Å²) in [6.45, 7) is 15.1. The maximum atomic E-state index is 12.8. The average molecular weight is 360 g/mol. The van der Waals surface area contributed by atoms with Crippen molar-refractivity contribution in [3.8, 4) is 23.1 Å². The summed E-state index contributed by atoms with van der Waals surface area (Å²) in [5, 5.41) is 0. The number of benzene rings is 1. The fourth-order valence-electron chi connectivity index (χ4n) is 3.07. The first-order valence-corrected chi connectivity index (χ1v) is 9.36. The molecule has 0 bridgehead atoms. The minimum Gasteiger partial charge on any atom is -0.342 e. The van der Waals surface area contributed by atoms with E-state index in [9.17, 15) is 4.79 Å². The van der Waals surface area contributed by atoms with Gasteiger partial charge in [-0.1, -0.05) is 56.9 Å². The number of anilines is 1. The number of rotatable bonds is 2. The molecule has 0 amide bonds. The Hall–Kier alpha value is -3.05. The molecule has 138 valence electrons. The Bertz CT molecular complexity index is 963. The molecule has 0 saturated carbocycles. The van der Waals surface area contributed by atoms with E-state index >= 15 is 0 Å². The van der Waals surface area contributed by atoms with Crippen LogP contribution in [0.4, 0.5) is 11.6 Å². The molecule has 0 aliphatic carbocycles. The Morgan fingerprint density at radius 3 is 2.52 bits per heavy atom. The predicted octanol–water partition coefficient (Wildman–Crippen LogP) is 4.23. The van der Waals surface area contributed by atoms with E-state index in [1.165, 1.54) is 0 Å². The van der Waals surface area contributed by atoms with Crippen LogP contribution in [-0.2, 0) is 0 Å². The molecule has 0 atom stereocenters. The van der Waals surface area contributed by atoms with Crippen molar-refractivity contribution < 1.29 is 0 Å². The van der Waals surface area contributed by atoms with Gasteiger partial charge in [-0.25, -0.2) is 9.83 Å². The summed E-state index contributed by atoms with van der Waals surface area (Å²) in [6.07, 6.45) is 2.18. The van der Waals surface area contributed by atoms with Crippen molar-refractivity contribution in [3.63, 3.8) is 0 Å². The summed E-state index contributed by atoms with van der Waals surface area (Å²) >= 11 is 0. The van der Waals surface area contributed by atoms with Crippen molar-refractivity contribution in [3.05, 3.63) is 51.6 Å². The van der Waals surface area contributed by atoms with Gasteiger partial charge in [0.1, 0.15) is 5.56 Å². The highest BCUT2D eigenvalue weighted by Gasteiger charge is 2.20. The molecule has 5 heteroatoms. The second-order valence-electron chi connectivity index (χ2n) is 7.37. The van der Waals surface area contributed by atoms with Gasteiger partial charge in [0.2, 0.25) is 5.95 Å². The summed E-state index contributed by atoms with van der Waals surface area (Å²) in [4.78, 5) is 26.1. The molecule has 0 radical (unpaired) electrons. The summed E-state index contributed by atoms with van der Waals surface area (Å²) in [5.74, 6) is 7.54. The van der Waals surface area contributed by atoms with Crippen LogP contribution in [0.25, 0.3) is 16.1 Å². The Balaban J connectivity index is 2.10. The summed E-state index contributed by atoms with van der Waals surface area (Å²) in [5.41, 5.74) is 2.11. The Labute approximate surface area is 160 Å². The van der Waals surface area contributed by atoms with Gasteiger partial charge in [-0.15, -0.1) is 0 Å². The van der Waals surface area contributed by atoms with Gasteiger partial charge in [-0.05, 0) is 24.3 Å². The summed E-state index contributed by atoms with van der Waals surface area (Å²) in [7, 11) is 0. The van der Waals surface area contributed by atoms with Crippen LogP contribution in [0.5, 0.6) is 0 Å². The Morgan fingerprint density at radius 1 is 1.26 bits per heavy atom. The van der Waals surface area contributed by atoms with Crippen LogP contribution >= 0.6 is 0 Å². The molecule has 1 aromatic heterocycles. The van der Waals surface area contributed by atoms with Gasteiger partial charge in [-0.3, -0.25) is 9.78 Å². The molecule has 1 aliphatic rings. The molecule has 1 fully saturated rings. The fraction of sp³-hybridized carbons (Fsp3) is 0.409. The molecule has 27 heavy (non-hydrogen) atoms. The third kappa shape index (κ3) is 4.38. The molecule has 5 nitrogen and oxygen atoms in total. The maximum absolute atomic E-state index is 12.8. The lowest BCUT2D eigenvalue weighted by Crippen LogP contribution is -2.35. The quantitative estimate of drug-likeness (QED) is 0.644. The summed E-state index contributed by atoms with van der Waals surface area (Å²) < 4.78 is 0. The van der Waals surface area contributed by atoms with Crippen molar-refractivity contribution in [2.45, 2.75) is 33.6 Å². The highest BCUT2D eigenvalue weighted by Crippen LogP contribution is 2.25. The lowest BCUT2D eigenvalue weighted by atomic mass is 9.99. The van der Waals surface area contributed by atoms with E-state index in [1.54, 1.807) is 12.1 Å². The van der Waals surface area contributed by atoms with E-state index in [0.29, 0.717) is 28.8 Å². The SMILES string of the molecule is [C-]#[N+]c1ccc(-c2nc(N3CCC(C)CC3)[nH]c(=O)c2C#CC(C)C)cc1. The highest BCUT2D eigenvalue weighted by molar-refractivity contribution is 5.70. The van der Waals surface area contributed by atoms with Gasteiger partial charge in [-0.2, -0.15) is 0 Å². The van der Waals surface area contributed by atoms with Crippen LogP contribution in [0.1, 0.15) is 39.2 Å². The minimum atomic E-state index is -0.212. The molecule has 0 unspecified atom stereocenters. The van der Waals surface area contributed by atoms with Gasteiger partial charge < -0.3 is 4.90 Å². The van der Waals surface area contributed by atoms with Crippen molar-refractivity contribution in [2.75, 3.05) is 18.0 Å². The van der Waals surface area contributed by atoms with E-state index in [2.05, 4.69) is 33.5 Å². The Kier molecular flexibility index (Phi) is 5.62. The van der Waals surface area contributed by atoms with Gasteiger partial charge in [0.25, 0.3) is 5.56 Å². The van der Waals surface area contributed by atoms with E-state index in [1.807, 2.05) is 26.0 Å². The minimum absolute atomic E-state index is 0.157. The number of piperidine rings is 1. The zero-order valence-corrected chi connectivity index (χ0v) is 16.0. The molecular formula is C22H24N4O. The third-order valence-corrected chi connectivity index (χ3v) is 4.75.